The summed E-state index contributed by atoms with van der Waals surface area (Å²) in [6.07, 6.45) is 5.88. The van der Waals surface area contributed by atoms with Gasteiger partial charge in [-0.2, -0.15) is 0 Å². The van der Waals surface area contributed by atoms with Crippen molar-refractivity contribution in [1.29, 1.82) is 0 Å². The molecular formula is C23H35N5O. The van der Waals surface area contributed by atoms with Crippen LogP contribution in [-0.2, 0) is 11.3 Å². The zero-order valence-electron chi connectivity index (χ0n) is 17.6. The predicted octanol–water partition coefficient (Wildman–Crippen LogP) is 2.07. The summed E-state index contributed by atoms with van der Waals surface area (Å²) in [4.78, 5) is 21.4. The average Bonchev–Trinajstić information content (AvgIpc) is 3.60. The van der Waals surface area contributed by atoms with Gasteiger partial charge in [-0.15, -0.1) is 0 Å². The maximum absolute atomic E-state index is 11.8. The molecule has 1 aromatic rings. The second-order valence-electron chi connectivity index (χ2n) is 8.70. The van der Waals surface area contributed by atoms with Crippen molar-refractivity contribution in [2.24, 2.45) is 16.8 Å². The van der Waals surface area contributed by atoms with Crippen molar-refractivity contribution in [3.05, 3.63) is 35.9 Å². The Bertz CT molecular complexity index is 702. The standard InChI is InChI=1S/C23H35N5O/c1-24-23(26-13-12-25-22(29)19-9-10-19)28-15-11-21-20(17-28)8-5-14-27(21)16-18-6-3-2-4-7-18/h2-4,6-7,19-21H,5,8-17H2,1H3,(H,24,26)(H,25,29). The molecular weight excluding hydrogens is 362 g/mol. The number of hydrogen-bond acceptors (Lipinski definition) is 3. The lowest BCUT2D eigenvalue weighted by molar-refractivity contribution is -0.122. The minimum Gasteiger partial charge on any atom is -0.354 e. The Labute approximate surface area is 174 Å². The summed E-state index contributed by atoms with van der Waals surface area (Å²) in [7, 11) is 1.86. The molecule has 0 aromatic heterocycles. The number of hydrogen-bond donors (Lipinski definition) is 2. The van der Waals surface area contributed by atoms with E-state index in [0.29, 0.717) is 18.5 Å². The summed E-state index contributed by atoms with van der Waals surface area (Å²) in [6.45, 7) is 5.79. The molecule has 1 aromatic carbocycles. The van der Waals surface area contributed by atoms with E-state index in [1.54, 1.807) is 0 Å². The van der Waals surface area contributed by atoms with Crippen molar-refractivity contribution < 1.29 is 4.79 Å². The van der Waals surface area contributed by atoms with Crippen LogP contribution in [0, 0.1) is 11.8 Å². The Hall–Kier alpha value is -2.08. The molecule has 0 spiro atoms. The van der Waals surface area contributed by atoms with E-state index >= 15 is 0 Å². The van der Waals surface area contributed by atoms with Crippen molar-refractivity contribution in [2.75, 3.05) is 39.8 Å². The maximum Gasteiger partial charge on any atom is 0.223 e. The molecule has 6 heteroatoms. The fraction of sp³-hybridized carbons (Fsp3) is 0.652. The van der Waals surface area contributed by atoms with E-state index in [9.17, 15) is 4.79 Å². The van der Waals surface area contributed by atoms with Crippen molar-refractivity contribution in [3.8, 4) is 0 Å². The molecule has 6 nitrogen and oxygen atoms in total. The number of fused-ring (bicyclic) bond motifs is 1. The van der Waals surface area contributed by atoms with Crippen LogP contribution >= 0.6 is 0 Å². The molecule has 4 rings (SSSR count). The van der Waals surface area contributed by atoms with Crippen LogP contribution in [0.15, 0.2) is 35.3 Å². The first-order chi connectivity index (χ1) is 14.2. The van der Waals surface area contributed by atoms with Gasteiger partial charge in [-0.05, 0) is 50.1 Å². The number of piperidine rings is 2. The first-order valence-electron chi connectivity index (χ1n) is 11.3. The SMILES string of the molecule is CN=C(NCCNC(=O)C1CC1)N1CCC2C(CCCN2Cc2ccccc2)C1. The molecule has 1 amide bonds. The number of carbonyl (C=O) groups excluding carboxylic acids is 1. The summed E-state index contributed by atoms with van der Waals surface area (Å²) >= 11 is 0. The molecule has 1 aliphatic carbocycles. The number of nitrogens with zero attached hydrogens (tertiary/aromatic N) is 3. The normalized spacial score (nSPS) is 25.4. The van der Waals surface area contributed by atoms with Crippen molar-refractivity contribution in [2.45, 2.75) is 44.7 Å². The summed E-state index contributed by atoms with van der Waals surface area (Å²) in [6, 6.07) is 11.5. The molecule has 2 heterocycles. The highest BCUT2D eigenvalue weighted by Crippen LogP contribution is 2.31. The van der Waals surface area contributed by atoms with E-state index in [-0.39, 0.29) is 11.8 Å². The van der Waals surface area contributed by atoms with Crippen molar-refractivity contribution in [1.82, 2.24) is 20.4 Å². The first kappa shape index (κ1) is 20.2. The van der Waals surface area contributed by atoms with Gasteiger partial charge in [-0.25, -0.2) is 0 Å². The molecule has 2 unspecified atom stereocenters. The van der Waals surface area contributed by atoms with Gasteiger partial charge >= 0.3 is 0 Å². The van der Waals surface area contributed by atoms with E-state index < -0.39 is 0 Å². The quantitative estimate of drug-likeness (QED) is 0.438. The van der Waals surface area contributed by atoms with Crippen LogP contribution in [0.3, 0.4) is 0 Å². The van der Waals surface area contributed by atoms with E-state index in [1.807, 2.05) is 7.05 Å². The molecule has 2 aliphatic heterocycles. The fourth-order valence-corrected chi connectivity index (χ4v) is 4.90. The van der Waals surface area contributed by atoms with E-state index in [0.717, 1.165) is 45.0 Å². The molecule has 29 heavy (non-hydrogen) atoms. The fourth-order valence-electron chi connectivity index (χ4n) is 4.90. The van der Waals surface area contributed by atoms with Gasteiger partial charge in [0.15, 0.2) is 5.96 Å². The number of rotatable bonds is 6. The van der Waals surface area contributed by atoms with E-state index in [1.165, 1.54) is 31.4 Å². The summed E-state index contributed by atoms with van der Waals surface area (Å²) < 4.78 is 0. The summed E-state index contributed by atoms with van der Waals surface area (Å²) in [5.41, 5.74) is 1.42. The maximum atomic E-state index is 11.8. The Morgan fingerprint density at radius 1 is 1.07 bits per heavy atom. The number of nitrogens with one attached hydrogen (secondary N) is 2. The third-order valence-corrected chi connectivity index (χ3v) is 6.58. The van der Waals surface area contributed by atoms with Gasteiger partial charge < -0.3 is 15.5 Å². The van der Waals surface area contributed by atoms with Gasteiger partial charge in [0.2, 0.25) is 5.91 Å². The third kappa shape index (κ3) is 5.30. The molecule has 0 radical (unpaired) electrons. The lowest BCUT2D eigenvalue weighted by Gasteiger charge is -2.48. The zero-order valence-corrected chi connectivity index (χ0v) is 17.6. The second-order valence-corrected chi connectivity index (χ2v) is 8.70. The van der Waals surface area contributed by atoms with Gasteiger partial charge in [0.05, 0.1) is 0 Å². The van der Waals surface area contributed by atoms with Crippen LogP contribution in [0.2, 0.25) is 0 Å². The molecule has 2 saturated heterocycles. The topological polar surface area (TPSA) is 60.0 Å². The molecule has 1 saturated carbocycles. The minimum atomic E-state index is 0.211. The van der Waals surface area contributed by atoms with Crippen LogP contribution in [0.5, 0.6) is 0 Å². The average molecular weight is 398 g/mol. The lowest BCUT2D eigenvalue weighted by Crippen LogP contribution is -2.57. The highest BCUT2D eigenvalue weighted by Gasteiger charge is 2.36. The van der Waals surface area contributed by atoms with Gasteiger partial charge in [-0.1, -0.05) is 30.3 Å². The van der Waals surface area contributed by atoms with Crippen LogP contribution in [0.4, 0.5) is 0 Å². The highest BCUT2D eigenvalue weighted by atomic mass is 16.2. The second kappa shape index (κ2) is 9.61. The summed E-state index contributed by atoms with van der Waals surface area (Å²) in [5.74, 6) is 2.17. The molecule has 2 N–H and O–H groups in total. The number of carbonyl (C=O) groups is 1. The van der Waals surface area contributed by atoms with Gasteiger partial charge in [-0.3, -0.25) is 14.7 Å². The molecule has 3 fully saturated rings. The van der Waals surface area contributed by atoms with Gasteiger partial charge in [0.25, 0.3) is 0 Å². The molecule has 3 aliphatic rings. The Balaban J connectivity index is 1.26. The highest BCUT2D eigenvalue weighted by molar-refractivity contribution is 5.81. The van der Waals surface area contributed by atoms with Crippen molar-refractivity contribution in [3.63, 3.8) is 0 Å². The zero-order chi connectivity index (χ0) is 20.1. The molecule has 0 bridgehead atoms. The third-order valence-electron chi connectivity index (χ3n) is 6.58. The molecule has 158 valence electrons. The van der Waals surface area contributed by atoms with E-state index in [4.69, 9.17) is 0 Å². The number of benzene rings is 1. The number of guanidine groups is 1. The Morgan fingerprint density at radius 3 is 2.62 bits per heavy atom. The number of aliphatic imine (C=N–C) groups is 1. The smallest absolute Gasteiger partial charge is 0.223 e. The number of amides is 1. The van der Waals surface area contributed by atoms with E-state index in [2.05, 4.69) is 55.8 Å². The van der Waals surface area contributed by atoms with Crippen LogP contribution in [0.1, 0.15) is 37.7 Å². The van der Waals surface area contributed by atoms with Crippen LogP contribution in [0.25, 0.3) is 0 Å². The van der Waals surface area contributed by atoms with Gasteiger partial charge in [0, 0.05) is 51.7 Å². The van der Waals surface area contributed by atoms with Crippen molar-refractivity contribution >= 4 is 11.9 Å². The first-order valence-corrected chi connectivity index (χ1v) is 11.3. The monoisotopic (exact) mass is 397 g/mol. The lowest BCUT2D eigenvalue weighted by atomic mass is 9.83. The molecule has 2 atom stereocenters. The van der Waals surface area contributed by atoms with Crippen LogP contribution in [-0.4, -0.2) is 67.5 Å². The predicted molar refractivity (Wildman–Crippen MR) is 117 cm³/mol. The minimum absolute atomic E-state index is 0.211. The largest absolute Gasteiger partial charge is 0.354 e. The van der Waals surface area contributed by atoms with Gasteiger partial charge in [0.1, 0.15) is 0 Å². The summed E-state index contributed by atoms with van der Waals surface area (Å²) in [5, 5.41) is 6.47. The Kier molecular flexibility index (Phi) is 6.70. The number of likely N-dealkylation sites (tertiary alicyclic amines) is 2. The van der Waals surface area contributed by atoms with Crippen LogP contribution < -0.4 is 10.6 Å². The Morgan fingerprint density at radius 2 is 1.86 bits per heavy atom.